The Kier molecular flexibility index (Phi) is 6.49. The summed E-state index contributed by atoms with van der Waals surface area (Å²) >= 11 is 12.0. The Labute approximate surface area is 196 Å². The first kappa shape index (κ1) is 22.3. The van der Waals surface area contributed by atoms with Crippen LogP contribution in [-0.4, -0.2) is 34.7 Å². The van der Waals surface area contributed by atoms with Crippen molar-refractivity contribution in [2.45, 2.75) is 19.8 Å². The van der Waals surface area contributed by atoms with E-state index in [0.29, 0.717) is 47.2 Å². The first-order valence-electron chi connectivity index (χ1n) is 10.4. The number of rotatable bonds is 4. The molecule has 7 heteroatoms. The highest BCUT2D eigenvalue weighted by Crippen LogP contribution is 2.27. The number of H-pyrrole nitrogens is 1. The molecule has 2 heterocycles. The maximum absolute atomic E-state index is 12.9. The molecule has 0 saturated carbocycles. The van der Waals surface area contributed by atoms with Crippen LogP contribution >= 0.6 is 23.2 Å². The van der Waals surface area contributed by atoms with Crippen LogP contribution in [0.3, 0.4) is 0 Å². The van der Waals surface area contributed by atoms with Crippen LogP contribution in [0.1, 0.15) is 39.1 Å². The van der Waals surface area contributed by atoms with Crippen LogP contribution in [0.4, 0.5) is 0 Å². The number of nitrogens with zero attached hydrogens (tertiary/aromatic N) is 1. The van der Waals surface area contributed by atoms with Gasteiger partial charge in [-0.3, -0.25) is 14.4 Å². The predicted molar refractivity (Wildman–Crippen MR) is 127 cm³/mol. The van der Waals surface area contributed by atoms with Gasteiger partial charge in [0.15, 0.2) is 5.78 Å². The van der Waals surface area contributed by atoms with Crippen molar-refractivity contribution >= 4 is 34.9 Å². The van der Waals surface area contributed by atoms with Crippen molar-refractivity contribution in [2.75, 3.05) is 13.1 Å². The topological polar surface area (TPSA) is 70.2 Å². The fourth-order valence-electron chi connectivity index (χ4n) is 4.02. The summed E-state index contributed by atoms with van der Waals surface area (Å²) in [6, 6.07) is 16.0. The Morgan fingerprint density at radius 2 is 1.72 bits per heavy atom. The van der Waals surface area contributed by atoms with E-state index in [9.17, 15) is 14.4 Å². The van der Waals surface area contributed by atoms with Crippen molar-refractivity contribution in [3.63, 3.8) is 0 Å². The van der Waals surface area contributed by atoms with Gasteiger partial charge in [-0.2, -0.15) is 0 Å². The molecule has 1 amide bonds. The van der Waals surface area contributed by atoms with Gasteiger partial charge in [-0.05, 0) is 61.7 Å². The zero-order valence-electron chi connectivity index (χ0n) is 17.5. The van der Waals surface area contributed by atoms with Crippen LogP contribution in [-0.2, 0) is 0 Å². The number of hydrogen-bond donors (Lipinski definition) is 1. The van der Waals surface area contributed by atoms with E-state index < -0.39 is 5.56 Å². The SMILES string of the molecule is Cc1cccc(-c2ccc(C(=O)N3CCC(C(=O)c4ccc(Cl)c(Cl)c4)CC3)c(=O)[nH]2)c1. The van der Waals surface area contributed by atoms with Crippen molar-refractivity contribution in [1.82, 2.24) is 9.88 Å². The largest absolute Gasteiger partial charge is 0.338 e. The number of likely N-dealkylation sites (tertiary alicyclic amines) is 1. The molecule has 1 aromatic heterocycles. The Morgan fingerprint density at radius 3 is 2.38 bits per heavy atom. The van der Waals surface area contributed by atoms with E-state index in [1.54, 1.807) is 35.2 Å². The molecule has 0 bridgehead atoms. The van der Waals surface area contributed by atoms with Crippen LogP contribution in [0, 0.1) is 12.8 Å². The lowest BCUT2D eigenvalue weighted by atomic mass is 9.88. The fourth-order valence-corrected chi connectivity index (χ4v) is 4.32. The average molecular weight is 469 g/mol. The zero-order chi connectivity index (χ0) is 22.8. The highest BCUT2D eigenvalue weighted by molar-refractivity contribution is 6.42. The van der Waals surface area contributed by atoms with Gasteiger partial charge in [0.1, 0.15) is 5.56 Å². The number of pyridine rings is 1. The van der Waals surface area contributed by atoms with E-state index in [4.69, 9.17) is 23.2 Å². The second-order valence-corrected chi connectivity index (χ2v) is 8.86. The average Bonchev–Trinajstić information content (AvgIpc) is 2.80. The molecule has 3 aromatic rings. The van der Waals surface area contributed by atoms with E-state index in [0.717, 1.165) is 11.1 Å². The molecule has 0 spiro atoms. The second kappa shape index (κ2) is 9.31. The van der Waals surface area contributed by atoms with E-state index >= 15 is 0 Å². The van der Waals surface area contributed by atoms with Gasteiger partial charge in [-0.1, -0.05) is 47.0 Å². The monoisotopic (exact) mass is 468 g/mol. The minimum Gasteiger partial charge on any atom is -0.338 e. The maximum Gasteiger partial charge on any atom is 0.261 e. The Morgan fingerprint density at radius 1 is 0.969 bits per heavy atom. The van der Waals surface area contributed by atoms with Crippen LogP contribution in [0.2, 0.25) is 10.0 Å². The summed E-state index contributed by atoms with van der Waals surface area (Å²) in [5, 5.41) is 0.751. The third-order valence-electron chi connectivity index (χ3n) is 5.83. The number of Topliss-reactive ketones (excluding diaryl/α,β-unsaturated/α-hetero) is 1. The summed E-state index contributed by atoms with van der Waals surface area (Å²) in [7, 11) is 0. The van der Waals surface area contributed by atoms with E-state index in [1.165, 1.54) is 0 Å². The zero-order valence-corrected chi connectivity index (χ0v) is 19.0. The van der Waals surface area contributed by atoms with Crippen molar-refractivity contribution in [3.8, 4) is 11.3 Å². The number of aromatic amines is 1. The molecule has 0 atom stereocenters. The molecule has 2 aromatic carbocycles. The molecule has 164 valence electrons. The van der Waals surface area contributed by atoms with Crippen LogP contribution < -0.4 is 5.56 Å². The highest BCUT2D eigenvalue weighted by Gasteiger charge is 2.29. The van der Waals surface area contributed by atoms with Crippen molar-refractivity contribution in [3.05, 3.63) is 91.7 Å². The number of piperidine rings is 1. The first-order chi connectivity index (χ1) is 15.3. The number of benzene rings is 2. The summed E-state index contributed by atoms with van der Waals surface area (Å²) in [5.74, 6) is -0.517. The molecule has 1 aliphatic rings. The molecule has 4 rings (SSSR count). The lowest BCUT2D eigenvalue weighted by Crippen LogP contribution is -2.42. The number of carbonyl (C=O) groups is 2. The van der Waals surface area contributed by atoms with Crippen LogP contribution in [0.15, 0.2) is 59.4 Å². The Hall–Kier alpha value is -2.89. The third kappa shape index (κ3) is 4.64. The van der Waals surface area contributed by atoms with Crippen molar-refractivity contribution in [2.24, 2.45) is 5.92 Å². The highest BCUT2D eigenvalue weighted by atomic mass is 35.5. The Balaban J connectivity index is 1.43. The normalized spacial score (nSPS) is 14.4. The number of aryl methyl sites for hydroxylation is 1. The molecule has 0 aliphatic carbocycles. The number of halogens is 2. The molecular formula is C25H22Cl2N2O3. The molecule has 32 heavy (non-hydrogen) atoms. The number of hydrogen-bond acceptors (Lipinski definition) is 3. The third-order valence-corrected chi connectivity index (χ3v) is 6.57. The molecule has 1 N–H and O–H groups in total. The fraction of sp³-hybridized carbons (Fsp3) is 0.240. The van der Waals surface area contributed by atoms with Gasteiger partial charge in [0.2, 0.25) is 0 Å². The smallest absolute Gasteiger partial charge is 0.261 e. The molecule has 1 aliphatic heterocycles. The summed E-state index contributed by atoms with van der Waals surface area (Å²) in [4.78, 5) is 42.8. The van der Waals surface area contributed by atoms with Crippen LogP contribution in [0.5, 0.6) is 0 Å². The minimum atomic E-state index is -0.414. The molecule has 0 unspecified atom stereocenters. The minimum absolute atomic E-state index is 0.00368. The van der Waals surface area contributed by atoms with Gasteiger partial charge in [0, 0.05) is 30.3 Å². The van der Waals surface area contributed by atoms with E-state index in [-0.39, 0.29) is 23.2 Å². The number of nitrogens with one attached hydrogen (secondary N) is 1. The van der Waals surface area contributed by atoms with Gasteiger partial charge in [-0.25, -0.2) is 0 Å². The number of carbonyl (C=O) groups excluding carboxylic acids is 2. The lowest BCUT2D eigenvalue weighted by molar-refractivity contribution is 0.0649. The predicted octanol–water partition coefficient (Wildman–Crippen LogP) is 5.39. The Bertz CT molecular complexity index is 1240. The van der Waals surface area contributed by atoms with Crippen LogP contribution in [0.25, 0.3) is 11.3 Å². The summed E-state index contributed by atoms with van der Waals surface area (Å²) in [6.07, 6.45) is 1.06. The summed E-state index contributed by atoms with van der Waals surface area (Å²) in [6.45, 7) is 2.81. The summed E-state index contributed by atoms with van der Waals surface area (Å²) in [5.41, 5.74) is 2.86. The summed E-state index contributed by atoms with van der Waals surface area (Å²) < 4.78 is 0. The van der Waals surface area contributed by atoms with Crippen molar-refractivity contribution < 1.29 is 9.59 Å². The van der Waals surface area contributed by atoms with Gasteiger partial charge in [-0.15, -0.1) is 0 Å². The van der Waals surface area contributed by atoms with Gasteiger partial charge >= 0.3 is 0 Å². The maximum atomic E-state index is 12.9. The number of ketones is 1. The number of aromatic nitrogens is 1. The van der Waals surface area contributed by atoms with Gasteiger partial charge < -0.3 is 9.88 Å². The molecular weight excluding hydrogens is 447 g/mol. The quantitative estimate of drug-likeness (QED) is 0.521. The molecule has 0 radical (unpaired) electrons. The standard InChI is InChI=1S/C25H22Cl2N2O3/c1-15-3-2-4-17(13-15)22-8-6-19(24(31)28-22)25(32)29-11-9-16(10-12-29)23(30)18-5-7-20(26)21(27)14-18/h2-8,13-14,16H,9-12H2,1H3,(H,28,31). The van der Waals surface area contributed by atoms with Gasteiger partial charge in [0.25, 0.3) is 11.5 Å². The lowest BCUT2D eigenvalue weighted by Gasteiger charge is -2.31. The van der Waals surface area contributed by atoms with E-state index in [1.807, 2.05) is 31.2 Å². The first-order valence-corrected chi connectivity index (χ1v) is 11.2. The second-order valence-electron chi connectivity index (χ2n) is 8.04. The van der Waals surface area contributed by atoms with Crippen molar-refractivity contribution in [1.29, 1.82) is 0 Å². The van der Waals surface area contributed by atoms with E-state index in [2.05, 4.69) is 4.98 Å². The van der Waals surface area contributed by atoms with Gasteiger partial charge in [0.05, 0.1) is 10.0 Å². The molecule has 1 saturated heterocycles. The molecule has 5 nitrogen and oxygen atoms in total. The molecule has 1 fully saturated rings. The number of amides is 1.